The lowest BCUT2D eigenvalue weighted by Crippen LogP contribution is -2.47. The maximum Gasteiger partial charge on any atom is 0.306 e. The molecule has 3 unspecified atom stereocenters. The van der Waals surface area contributed by atoms with Crippen LogP contribution in [0.1, 0.15) is 303 Å². The highest BCUT2D eigenvalue weighted by molar-refractivity contribution is 7.45. The molecule has 0 aliphatic carbocycles. The van der Waals surface area contributed by atoms with E-state index in [-0.39, 0.29) is 24.9 Å². The van der Waals surface area contributed by atoms with Crippen molar-refractivity contribution in [3.8, 4) is 0 Å². The summed E-state index contributed by atoms with van der Waals surface area (Å²) in [6.45, 7) is 6.71. The maximum atomic E-state index is 13.6. The topological polar surface area (TPSA) is 114 Å². The van der Waals surface area contributed by atoms with E-state index < -0.39 is 26.6 Å². The molecule has 3 atom stereocenters. The van der Waals surface area contributed by atoms with Crippen LogP contribution < -0.4 is 10.2 Å². The first-order chi connectivity index (χ1) is 40.4. The number of hydrogen-bond acceptors (Lipinski definition) is 7. The lowest BCUT2D eigenvalue weighted by atomic mass is 10.0. The van der Waals surface area contributed by atoms with Crippen molar-refractivity contribution >= 4 is 19.7 Å². The number of rotatable bonds is 62. The van der Waals surface area contributed by atoms with E-state index in [0.29, 0.717) is 23.9 Å². The quantitative estimate of drug-likeness (QED) is 0.0212. The van der Waals surface area contributed by atoms with E-state index in [4.69, 9.17) is 13.8 Å². The summed E-state index contributed by atoms with van der Waals surface area (Å²) in [5.41, 5.74) is 0. The maximum absolute atomic E-state index is 13.6. The van der Waals surface area contributed by atoms with E-state index >= 15 is 0 Å². The van der Waals surface area contributed by atoms with Crippen LogP contribution in [0, 0.1) is 0 Å². The standard InChI is InChI=1S/C73H131N2O7P/c1-7-10-13-16-19-22-25-28-30-32-34-36-37-39-40-42-44-47-50-53-56-59-62-65-72(76)74-70(69-81-83(78,79)80-68-67-75(4,5)6)71(64-61-58-55-52-49-46-27-24-21-18-15-12-9-3)82-73(77)66-63-60-57-54-51-48-45-43-41-38-35-33-31-29-26-23-20-17-14-11-8-2/h11,14,19-20,22-23,28-31,35,38,43,45,61,64,70-71H,7-10,12-13,15-18,21,24-27,32-34,36-37,39-42,44,46-60,62-63,65-69H2,1-6H3,(H-,74,76,78,79)/b14-11-,22-19-,23-20-,30-28-,31-29-,38-35-,45-43-,64-61+. The fourth-order valence-corrected chi connectivity index (χ4v) is 10.4. The van der Waals surface area contributed by atoms with E-state index in [0.717, 1.165) is 109 Å². The van der Waals surface area contributed by atoms with E-state index in [1.807, 2.05) is 33.3 Å². The van der Waals surface area contributed by atoms with Crippen LogP contribution in [0.2, 0.25) is 0 Å². The van der Waals surface area contributed by atoms with Gasteiger partial charge in [-0.25, -0.2) is 0 Å². The Labute approximate surface area is 513 Å². The van der Waals surface area contributed by atoms with E-state index in [2.05, 4.69) is 111 Å². The number of phosphoric ester groups is 1. The second-order valence-corrected chi connectivity index (χ2v) is 25.7. The van der Waals surface area contributed by atoms with Crippen molar-refractivity contribution in [1.29, 1.82) is 0 Å². The highest BCUT2D eigenvalue weighted by Gasteiger charge is 2.27. The lowest BCUT2D eigenvalue weighted by molar-refractivity contribution is -0.870. The Morgan fingerprint density at radius 3 is 1.18 bits per heavy atom. The molecule has 0 heterocycles. The van der Waals surface area contributed by atoms with Crippen molar-refractivity contribution < 1.29 is 37.3 Å². The lowest BCUT2D eigenvalue weighted by Gasteiger charge is -2.30. The number of nitrogens with zero attached hydrogens (tertiary/aromatic N) is 1. The Hall–Kier alpha value is -3.07. The summed E-state index contributed by atoms with van der Waals surface area (Å²) in [6.07, 6.45) is 83.7. The number of nitrogens with one attached hydrogen (secondary N) is 1. The summed E-state index contributed by atoms with van der Waals surface area (Å²) in [5.74, 6) is -0.560. The van der Waals surface area contributed by atoms with Crippen LogP contribution in [-0.2, 0) is 27.9 Å². The summed E-state index contributed by atoms with van der Waals surface area (Å²) in [7, 11) is 1.17. The van der Waals surface area contributed by atoms with Gasteiger partial charge in [0.05, 0.1) is 33.8 Å². The molecule has 0 aromatic heterocycles. The van der Waals surface area contributed by atoms with Crippen molar-refractivity contribution in [2.45, 2.75) is 315 Å². The molecular weight excluding hydrogens is 1050 g/mol. The highest BCUT2D eigenvalue weighted by Crippen LogP contribution is 2.38. The van der Waals surface area contributed by atoms with Gasteiger partial charge in [-0.05, 0) is 109 Å². The van der Waals surface area contributed by atoms with Gasteiger partial charge in [-0.15, -0.1) is 0 Å². The summed E-state index contributed by atoms with van der Waals surface area (Å²) < 4.78 is 30.4. The number of carbonyl (C=O) groups is 2. The molecule has 83 heavy (non-hydrogen) atoms. The third-order valence-electron chi connectivity index (χ3n) is 15.0. The molecule has 0 saturated heterocycles. The van der Waals surface area contributed by atoms with Gasteiger partial charge < -0.3 is 28.5 Å². The second kappa shape index (κ2) is 62.0. The van der Waals surface area contributed by atoms with Crippen molar-refractivity contribution in [2.24, 2.45) is 0 Å². The molecule has 0 fully saturated rings. The van der Waals surface area contributed by atoms with Crippen molar-refractivity contribution in [3.05, 3.63) is 97.2 Å². The Morgan fingerprint density at radius 2 is 0.771 bits per heavy atom. The molecule has 9 nitrogen and oxygen atoms in total. The number of hydrogen-bond donors (Lipinski definition) is 1. The van der Waals surface area contributed by atoms with Crippen LogP contribution in [-0.4, -0.2) is 69.4 Å². The van der Waals surface area contributed by atoms with E-state index in [9.17, 15) is 19.0 Å². The Morgan fingerprint density at radius 1 is 0.434 bits per heavy atom. The van der Waals surface area contributed by atoms with Gasteiger partial charge in [-0.1, -0.05) is 279 Å². The van der Waals surface area contributed by atoms with Crippen LogP contribution >= 0.6 is 7.82 Å². The first-order valence-electron chi connectivity index (χ1n) is 34.5. The zero-order valence-corrected chi connectivity index (χ0v) is 55.8. The zero-order valence-electron chi connectivity index (χ0n) is 54.9. The number of amides is 1. The third-order valence-corrected chi connectivity index (χ3v) is 16.0. The molecule has 0 radical (unpaired) electrons. The number of phosphoric acid groups is 1. The van der Waals surface area contributed by atoms with E-state index in [1.54, 1.807) is 0 Å². The van der Waals surface area contributed by atoms with Gasteiger partial charge >= 0.3 is 5.97 Å². The molecule has 0 aliphatic heterocycles. The number of allylic oxidation sites excluding steroid dienone is 15. The van der Waals surface area contributed by atoms with Crippen LogP contribution in [0.15, 0.2) is 97.2 Å². The molecule has 0 aliphatic rings. The number of unbranched alkanes of at least 4 members (excludes halogenated alkanes) is 32. The van der Waals surface area contributed by atoms with Crippen LogP contribution in [0.4, 0.5) is 0 Å². The Kier molecular flexibility index (Phi) is 59.7. The summed E-state index contributed by atoms with van der Waals surface area (Å²) in [4.78, 5) is 40.2. The smallest absolute Gasteiger partial charge is 0.306 e. The molecule has 0 spiro atoms. The number of quaternary nitrogens is 1. The first-order valence-corrected chi connectivity index (χ1v) is 36.0. The van der Waals surface area contributed by atoms with Crippen LogP contribution in [0.5, 0.6) is 0 Å². The number of esters is 1. The molecule has 0 saturated carbocycles. The summed E-state index contributed by atoms with van der Waals surface area (Å²) in [5, 5.41) is 3.04. The van der Waals surface area contributed by atoms with Gasteiger partial charge in [0.2, 0.25) is 5.91 Å². The van der Waals surface area contributed by atoms with E-state index in [1.165, 1.54) is 154 Å². The van der Waals surface area contributed by atoms with Gasteiger partial charge in [0.25, 0.3) is 7.82 Å². The molecule has 1 N–H and O–H groups in total. The molecule has 0 aromatic carbocycles. The van der Waals surface area contributed by atoms with Crippen molar-refractivity contribution in [2.75, 3.05) is 40.9 Å². The molecule has 0 rings (SSSR count). The normalized spacial score (nSPS) is 14.2. The number of ether oxygens (including phenoxy) is 1. The fraction of sp³-hybridized carbons (Fsp3) is 0.753. The number of carbonyl (C=O) groups excluding carboxylic acids is 2. The summed E-state index contributed by atoms with van der Waals surface area (Å²) in [6, 6.07) is -0.903. The second-order valence-electron chi connectivity index (χ2n) is 24.3. The number of likely N-dealkylation sites (N-methyl/N-ethyl adjacent to an activating group) is 1. The van der Waals surface area contributed by atoms with Gasteiger partial charge in [0.1, 0.15) is 19.3 Å². The molecule has 480 valence electrons. The van der Waals surface area contributed by atoms with Crippen LogP contribution in [0.25, 0.3) is 0 Å². The predicted octanol–water partition coefficient (Wildman–Crippen LogP) is 21.3. The molecular formula is C73H131N2O7P. The zero-order chi connectivity index (χ0) is 60.7. The average molecular weight is 1180 g/mol. The largest absolute Gasteiger partial charge is 0.756 e. The average Bonchev–Trinajstić information content (AvgIpc) is 3.47. The minimum absolute atomic E-state index is 0.0293. The Balaban J connectivity index is 5.19. The van der Waals surface area contributed by atoms with Gasteiger partial charge in [0, 0.05) is 12.8 Å². The van der Waals surface area contributed by atoms with Gasteiger partial charge in [-0.3, -0.25) is 14.2 Å². The first kappa shape index (κ1) is 79.9. The van der Waals surface area contributed by atoms with Crippen LogP contribution in [0.3, 0.4) is 0 Å². The molecule has 10 heteroatoms. The fourth-order valence-electron chi connectivity index (χ4n) is 9.70. The monoisotopic (exact) mass is 1180 g/mol. The van der Waals surface area contributed by atoms with Gasteiger partial charge in [0.15, 0.2) is 0 Å². The minimum Gasteiger partial charge on any atom is -0.756 e. The van der Waals surface area contributed by atoms with Gasteiger partial charge in [-0.2, -0.15) is 0 Å². The molecule has 0 bridgehead atoms. The minimum atomic E-state index is -4.71. The molecule has 1 amide bonds. The summed E-state index contributed by atoms with van der Waals surface area (Å²) >= 11 is 0. The van der Waals surface area contributed by atoms with Crippen molar-refractivity contribution in [3.63, 3.8) is 0 Å². The SMILES string of the molecule is CC/C=C\C/C=C\C/C=C\C/C=C\C/C=C\CCCCCCCC(=O)OC(/C=C/CCCCCCCCCCCCC)C(COP(=O)([O-])OCC[N+](C)(C)C)NC(=O)CCCCCCCCCCCCCCC/C=C\C/C=C\CCCCC. The predicted molar refractivity (Wildman–Crippen MR) is 358 cm³/mol. The van der Waals surface area contributed by atoms with Crippen molar-refractivity contribution in [1.82, 2.24) is 5.32 Å². The highest BCUT2D eigenvalue weighted by atomic mass is 31.2. The third kappa shape index (κ3) is 63.3. The molecule has 0 aromatic rings. The Bertz CT molecular complexity index is 1740.